The highest BCUT2D eigenvalue weighted by Gasteiger charge is 2.22. The SMILES string of the molecule is CC(C)N(Cc1cccc(Cl)c1)C(=O)c1[nH]ncc1N. The summed E-state index contributed by atoms with van der Waals surface area (Å²) >= 11 is 5.97. The highest BCUT2D eigenvalue weighted by molar-refractivity contribution is 6.30. The predicted octanol–water partition coefficient (Wildman–Crippen LogP) is 2.70. The quantitative estimate of drug-likeness (QED) is 0.910. The van der Waals surface area contributed by atoms with Gasteiger partial charge in [-0.2, -0.15) is 5.10 Å². The number of anilines is 1. The van der Waals surface area contributed by atoms with Crippen molar-refractivity contribution in [1.82, 2.24) is 15.1 Å². The molecule has 0 saturated carbocycles. The topological polar surface area (TPSA) is 75.0 Å². The number of nitrogens with zero attached hydrogens (tertiary/aromatic N) is 2. The molecule has 0 unspecified atom stereocenters. The van der Waals surface area contributed by atoms with Crippen LogP contribution in [0.5, 0.6) is 0 Å². The Bertz CT molecular complexity index is 609. The van der Waals surface area contributed by atoms with Crippen LogP contribution in [0.1, 0.15) is 29.9 Å². The molecular weight excluding hydrogens is 276 g/mol. The monoisotopic (exact) mass is 292 g/mol. The number of hydrogen-bond donors (Lipinski definition) is 2. The van der Waals surface area contributed by atoms with Crippen LogP contribution in [0.15, 0.2) is 30.5 Å². The molecule has 1 aromatic carbocycles. The van der Waals surface area contributed by atoms with Gasteiger partial charge in [0, 0.05) is 17.6 Å². The lowest BCUT2D eigenvalue weighted by molar-refractivity contribution is 0.0685. The number of amides is 1. The standard InChI is InChI=1S/C14H17ClN4O/c1-9(2)19(8-10-4-3-5-11(15)6-10)14(20)13-12(16)7-17-18-13/h3-7,9H,8,16H2,1-2H3,(H,17,18). The first-order valence-corrected chi connectivity index (χ1v) is 6.71. The van der Waals surface area contributed by atoms with Gasteiger partial charge in [-0.3, -0.25) is 9.89 Å². The molecule has 0 aliphatic heterocycles. The van der Waals surface area contributed by atoms with Gasteiger partial charge in [-0.05, 0) is 31.5 Å². The molecule has 106 valence electrons. The van der Waals surface area contributed by atoms with Crippen LogP contribution in [0.25, 0.3) is 0 Å². The molecule has 0 radical (unpaired) electrons. The first-order chi connectivity index (χ1) is 9.49. The minimum atomic E-state index is -0.171. The number of nitrogens with two attached hydrogens (primary N) is 1. The molecule has 1 amide bonds. The van der Waals surface area contributed by atoms with Crippen LogP contribution >= 0.6 is 11.6 Å². The first-order valence-electron chi connectivity index (χ1n) is 6.33. The van der Waals surface area contributed by atoms with Gasteiger partial charge in [0.1, 0.15) is 5.69 Å². The first kappa shape index (κ1) is 14.4. The van der Waals surface area contributed by atoms with Crippen LogP contribution in [0.2, 0.25) is 5.02 Å². The van der Waals surface area contributed by atoms with Gasteiger partial charge in [-0.1, -0.05) is 23.7 Å². The van der Waals surface area contributed by atoms with Crippen molar-refractivity contribution in [2.75, 3.05) is 5.73 Å². The van der Waals surface area contributed by atoms with Crippen LogP contribution in [0.4, 0.5) is 5.69 Å². The Balaban J connectivity index is 2.24. The van der Waals surface area contributed by atoms with E-state index in [2.05, 4.69) is 10.2 Å². The van der Waals surface area contributed by atoms with E-state index in [1.54, 1.807) is 11.0 Å². The van der Waals surface area contributed by atoms with Crippen LogP contribution in [0.3, 0.4) is 0 Å². The molecule has 0 fully saturated rings. The molecule has 1 heterocycles. The summed E-state index contributed by atoms with van der Waals surface area (Å²) < 4.78 is 0. The van der Waals surface area contributed by atoms with Crippen molar-refractivity contribution in [3.8, 4) is 0 Å². The fraction of sp³-hybridized carbons (Fsp3) is 0.286. The smallest absolute Gasteiger partial charge is 0.274 e. The molecule has 0 spiro atoms. The number of aromatic amines is 1. The number of halogens is 1. The third-order valence-electron chi connectivity index (χ3n) is 3.01. The second-order valence-electron chi connectivity index (χ2n) is 4.86. The van der Waals surface area contributed by atoms with Crippen molar-refractivity contribution in [2.45, 2.75) is 26.4 Å². The van der Waals surface area contributed by atoms with Crippen LogP contribution in [-0.2, 0) is 6.54 Å². The normalized spacial score (nSPS) is 10.8. The molecule has 3 N–H and O–H groups in total. The number of H-pyrrole nitrogens is 1. The zero-order chi connectivity index (χ0) is 14.7. The number of benzene rings is 1. The van der Waals surface area contributed by atoms with E-state index in [0.29, 0.717) is 22.9 Å². The molecule has 0 aliphatic rings. The van der Waals surface area contributed by atoms with E-state index in [1.165, 1.54) is 6.20 Å². The minimum Gasteiger partial charge on any atom is -0.396 e. The third kappa shape index (κ3) is 3.11. The average molecular weight is 293 g/mol. The van der Waals surface area contributed by atoms with E-state index in [0.717, 1.165) is 5.56 Å². The number of aromatic nitrogens is 2. The Kier molecular flexibility index (Phi) is 4.29. The van der Waals surface area contributed by atoms with Gasteiger partial charge < -0.3 is 10.6 Å². The van der Waals surface area contributed by atoms with Crippen molar-refractivity contribution in [3.05, 3.63) is 46.7 Å². The molecule has 0 atom stereocenters. The maximum atomic E-state index is 12.5. The Morgan fingerprint density at radius 3 is 2.80 bits per heavy atom. The maximum Gasteiger partial charge on any atom is 0.274 e. The van der Waals surface area contributed by atoms with Gasteiger partial charge in [0.15, 0.2) is 0 Å². The lowest BCUT2D eigenvalue weighted by Gasteiger charge is -2.26. The van der Waals surface area contributed by atoms with E-state index in [9.17, 15) is 4.79 Å². The third-order valence-corrected chi connectivity index (χ3v) is 3.24. The minimum absolute atomic E-state index is 0.0316. The Labute approximate surface area is 122 Å². The number of hydrogen-bond acceptors (Lipinski definition) is 3. The molecule has 2 rings (SSSR count). The largest absolute Gasteiger partial charge is 0.396 e. The van der Waals surface area contributed by atoms with Gasteiger partial charge in [-0.25, -0.2) is 0 Å². The lowest BCUT2D eigenvalue weighted by Crippen LogP contribution is -2.37. The lowest BCUT2D eigenvalue weighted by atomic mass is 10.1. The number of nitrogen functional groups attached to an aromatic ring is 1. The summed E-state index contributed by atoms with van der Waals surface area (Å²) in [4.78, 5) is 14.2. The second kappa shape index (κ2) is 5.96. The Hall–Kier alpha value is -2.01. The molecule has 2 aromatic rings. The van der Waals surface area contributed by atoms with Gasteiger partial charge >= 0.3 is 0 Å². The highest BCUT2D eigenvalue weighted by Crippen LogP contribution is 2.17. The average Bonchev–Trinajstić information content (AvgIpc) is 2.81. The zero-order valence-electron chi connectivity index (χ0n) is 11.4. The van der Waals surface area contributed by atoms with Crippen molar-refractivity contribution in [1.29, 1.82) is 0 Å². The maximum absolute atomic E-state index is 12.5. The summed E-state index contributed by atoms with van der Waals surface area (Å²) in [6.45, 7) is 4.37. The molecule has 6 heteroatoms. The summed E-state index contributed by atoms with van der Waals surface area (Å²) in [7, 11) is 0. The van der Waals surface area contributed by atoms with Gasteiger partial charge in [-0.15, -0.1) is 0 Å². The van der Waals surface area contributed by atoms with E-state index in [-0.39, 0.29) is 11.9 Å². The summed E-state index contributed by atoms with van der Waals surface area (Å²) in [6, 6.07) is 7.49. The van der Waals surface area contributed by atoms with E-state index in [1.807, 2.05) is 32.0 Å². The van der Waals surface area contributed by atoms with E-state index < -0.39 is 0 Å². The van der Waals surface area contributed by atoms with Crippen molar-refractivity contribution in [3.63, 3.8) is 0 Å². The molecule has 0 aliphatic carbocycles. The molecule has 1 aromatic heterocycles. The van der Waals surface area contributed by atoms with E-state index in [4.69, 9.17) is 17.3 Å². The summed E-state index contributed by atoms with van der Waals surface area (Å²) in [5, 5.41) is 7.09. The molecule has 5 nitrogen and oxygen atoms in total. The summed E-state index contributed by atoms with van der Waals surface area (Å²) in [5.41, 5.74) is 7.38. The zero-order valence-corrected chi connectivity index (χ0v) is 12.2. The van der Waals surface area contributed by atoms with E-state index >= 15 is 0 Å². The van der Waals surface area contributed by atoms with Crippen molar-refractivity contribution in [2.24, 2.45) is 0 Å². The highest BCUT2D eigenvalue weighted by atomic mass is 35.5. The fourth-order valence-corrected chi connectivity index (χ4v) is 2.14. The molecule has 20 heavy (non-hydrogen) atoms. The molecule has 0 saturated heterocycles. The number of rotatable bonds is 4. The fourth-order valence-electron chi connectivity index (χ4n) is 1.93. The predicted molar refractivity (Wildman–Crippen MR) is 79.5 cm³/mol. The number of carbonyl (C=O) groups is 1. The van der Waals surface area contributed by atoms with Crippen LogP contribution in [-0.4, -0.2) is 27.0 Å². The van der Waals surface area contributed by atoms with Gasteiger partial charge in [0.2, 0.25) is 0 Å². The molecular formula is C14H17ClN4O. The number of carbonyl (C=O) groups excluding carboxylic acids is 1. The Morgan fingerprint density at radius 1 is 1.50 bits per heavy atom. The summed E-state index contributed by atoms with van der Waals surface area (Å²) in [5.74, 6) is -0.171. The Morgan fingerprint density at radius 2 is 2.25 bits per heavy atom. The second-order valence-corrected chi connectivity index (χ2v) is 5.29. The summed E-state index contributed by atoms with van der Waals surface area (Å²) in [6.07, 6.45) is 1.44. The van der Waals surface area contributed by atoms with Crippen molar-refractivity contribution >= 4 is 23.2 Å². The van der Waals surface area contributed by atoms with Gasteiger partial charge in [0.25, 0.3) is 5.91 Å². The van der Waals surface area contributed by atoms with Crippen molar-refractivity contribution < 1.29 is 4.79 Å². The molecule has 0 bridgehead atoms. The van der Waals surface area contributed by atoms with Crippen LogP contribution in [0, 0.1) is 0 Å². The number of nitrogens with one attached hydrogen (secondary N) is 1. The van der Waals surface area contributed by atoms with Crippen LogP contribution < -0.4 is 5.73 Å². The van der Waals surface area contributed by atoms with Gasteiger partial charge in [0.05, 0.1) is 11.9 Å².